The van der Waals surface area contributed by atoms with Crippen molar-refractivity contribution in [3.8, 4) is 28.4 Å². The van der Waals surface area contributed by atoms with Gasteiger partial charge in [0.05, 0.1) is 22.1 Å². The van der Waals surface area contributed by atoms with Crippen molar-refractivity contribution < 1.29 is 23.8 Å². The van der Waals surface area contributed by atoms with E-state index in [4.69, 9.17) is 37.4 Å². The van der Waals surface area contributed by atoms with E-state index < -0.39 is 12.1 Å². The molecule has 3 amide bonds. The van der Waals surface area contributed by atoms with E-state index in [1.807, 2.05) is 106 Å². The largest absolute Gasteiger partial charge is 0.489 e. The van der Waals surface area contributed by atoms with E-state index in [2.05, 4.69) is 53.4 Å². The van der Waals surface area contributed by atoms with Gasteiger partial charge in [0, 0.05) is 24.9 Å². The van der Waals surface area contributed by atoms with Crippen LogP contribution in [0.3, 0.4) is 0 Å². The van der Waals surface area contributed by atoms with E-state index >= 15 is 0 Å². The molecule has 0 saturated heterocycles. The molecule has 9 nitrogen and oxygen atoms in total. The Hall–Kier alpha value is -6.29. The number of aryl methyl sites for hydroxylation is 1. The summed E-state index contributed by atoms with van der Waals surface area (Å²) < 4.78 is 19.0. The number of carbonyl (C=O) groups is 2. The molecule has 6 aromatic rings. The van der Waals surface area contributed by atoms with E-state index in [0.29, 0.717) is 40.3 Å². The average Bonchev–Trinajstić information content (AvgIpc) is 3.29. The van der Waals surface area contributed by atoms with Crippen LogP contribution in [0, 0.1) is 13.8 Å². The molecule has 4 atom stereocenters. The van der Waals surface area contributed by atoms with Gasteiger partial charge >= 0.3 is 6.03 Å². The van der Waals surface area contributed by atoms with Crippen LogP contribution in [0.15, 0.2) is 134 Å². The second kappa shape index (κ2) is 19.0. The fourth-order valence-corrected chi connectivity index (χ4v) is 8.40. The highest BCUT2D eigenvalue weighted by atomic mass is 35.5. The zero-order valence-corrected chi connectivity index (χ0v) is 37.3. The number of rotatable bonds is 12. The summed E-state index contributed by atoms with van der Waals surface area (Å²) in [5.74, 6) is 1.57. The highest BCUT2D eigenvalue weighted by Gasteiger charge is 2.38. The van der Waals surface area contributed by atoms with Gasteiger partial charge in [0.15, 0.2) is 17.6 Å². The summed E-state index contributed by atoms with van der Waals surface area (Å²) in [4.78, 5) is 34.8. The number of aromatic nitrogens is 1. The molecule has 8 rings (SSSR count). The van der Waals surface area contributed by atoms with Crippen molar-refractivity contribution in [3.05, 3.63) is 188 Å². The minimum Gasteiger partial charge on any atom is -0.489 e. The minimum absolute atomic E-state index is 0.188. The van der Waals surface area contributed by atoms with Crippen LogP contribution in [0.2, 0.25) is 10.0 Å². The van der Waals surface area contributed by atoms with Gasteiger partial charge in [0.2, 0.25) is 5.91 Å². The van der Waals surface area contributed by atoms with Crippen LogP contribution < -0.4 is 24.8 Å². The van der Waals surface area contributed by atoms with Gasteiger partial charge in [0.25, 0.3) is 0 Å². The monoisotopic (exact) mass is 880 g/mol. The maximum Gasteiger partial charge on any atom is 0.318 e. The maximum atomic E-state index is 14.5. The standard InChI is InChI=1S/C52H50Cl2N4O5/c1-31(2)46(23-35-14-17-38(18-15-35)43-20-21-55-33(4)32(43)3)57-51(59)47-25-40-26-48-49(27-41(40)28-58(47)52(60)56-34(5)37-10-7-6-8-11-37)63-50(30-62-48)39-12-9-13-42(24-39)61-29-36-16-19-44(53)45(54)22-36/h6-22,24,26-27,34,46-47,50H,1,23,25,28-30H2,2-5H3,(H,56,60)(H,57,59)/t34-,46+,47+,50-/m1/s1. The van der Waals surface area contributed by atoms with Gasteiger partial charge in [-0.1, -0.05) is 108 Å². The number of carbonyl (C=O) groups excluding carboxylic acids is 2. The van der Waals surface area contributed by atoms with Crippen molar-refractivity contribution in [1.82, 2.24) is 20.5 Å². The number of pyridine rings is 1. The predicted octanol–water partition coefficient (Wildman–Crippen LogP) is 11.3. The molecule has 2 aliphatic heterocycles. The first-order chi connectivity index (χ1) is 30.4. The number of benzene rings is 5. The van der Waals surface area contributed by atoms with Gasteiger partial charge in [-0.2, -0.15) is 0 Å². The van der Waals surface area contributed by atoms with Gasteiger partial charge in [0.1, 0.15) is 25.0 Å². The van der Waals surface area contributed by atoms with Crippen LogP contribution in [0.5, 0.6) is 17.2 Å². The van der Waals surface area contributed by atoms with Gasteiger partial charge in [-0.3, -0.25) is 9.78 Å². The fraction of sp³-hybridized carbons (Fsp3) is 0.250. The molecule has 0 spiro atoms. The van der Waals surface area contributed by atoms with Crippen LogP contribution >= 0.6 is 23.2 Å². The predicted molar refractivity (Wildman–Crippen MR) is 249 cm³/mol. The van der Waals surface area contributed by atoms with Crippen molar-refractivity contribution in [1.29, 1.82) is 0 Å². The van der Waals surface area contributed by atoms with Crippen LogP contribution in [0.25, 0.3) is 11.1 Å². The summed E-state index contributed by atoms with van der Waals surface area (Å²) in [6.45, 7) is 13.0. The highest BCUT2D eigenvalue weighted by Crippen LogP contribution is 2.41. The second-order valence-electron chi connectivity index (χ2n) is 16.4. The number of nitrogens with zero attached hydrogens (tertiary/aromatic N) is 2. The molecule has 2 N–H and O–H groups in total. The number of hydrogen-bond acceptors (Lipinski definition) is 6. The molecule has 0 bridgehead atoms. The lowest BCUT2D eigenvalue weighted by molar-refractivity contribution is -0.126. The van der Waals surface area contributed by atoms with Crippen molar-refractivity contribution in [3.63, 3.8) is 0 Å². The molecule has 5 aromatic carbocycles. The first-order valence-corrected chi connectivity index (χ1v) is 21.9. The maximum absolute atomic E-state index is 14.5. The summed E-state index contributed by atoms with van der Waals surface area (Å²) in [5, 5.41) is 7.38. The first-order valence-electron chi connectivity index (χ1n) is 21.1. The van der Waals surface area contributed by atoms with Crippen LogP contribution in [-0.2, 0) is 30.8 Å². The Bertz CT molecular complexity index is 2650. The molecule has 0 radical (unpaired) electrons. The minimum atomic E-state index is -0.801. The zero-order chi connectivity index (χ0) is 44.2. The SMILES string of the molecule is C=C(C)[C@H](Cc1ccc(-c2ccnc(C)c2C)cc1)NC(=O)[C@@H]1Cc2cc3c(cc2CN1C(=O)N[C@H](C)c1ccccc1)O[C@@H](c1cccc(OCc2ccc(Cl)c(Cl)c2)c1)CO3. The number of halogens is 2. The van der Waals surface area contributed by atoms with Gasteiger partial charge < -0.3 is 29.7 Å². The third kappa shape index (κ3) is 10.0. The quantitative estimate of drug-likeness (QED) is 0.119. The number of urea groups is 1. The molecule has 0 unspecified atom stereocenters. The van der Waals surface area contributed by atoms with Crippen molar-refractivity contribution in [2.24, 2.45) is 0 Å². The van der Waals surface area contributed by atoms with Crippen molar-refractivity contribution in [2.75, 3.05) is 6.61 Å². The Balaban J connectivity index is 1.00. The van der Waals surface area contributed by atoms with E-state index in [9.17, 15) is 9.59 Å². The summed E-state index contributed by atoms with van der Waals surface area (Å²) in [5.41, 5.74) is 10.8. The van der Waals surface area contributed by atoms with Crippen molar-refractivity contribution >= 4 is 35.1 Å². The lowest BCUT2D eigenvalue weighted by Gasteiger charge is -2.38. The third-order valence-electron chi connectivity index (χ3n) is 12.0. The fourth-order valence-electron chi connectivity index (χ4n) is 8.08. The number of amides is 3. The van der Waals surface area contributed by atoms with Crippen LogP contribution in [0.1, 0.15) is 70.6 Å². The molecular weight excluding hydrogens is 832 g/mol. The third-order valence-corrected chi connectivity index (χ3v) is 12.7. The molecule has 2 aliphatic rings. The molecule has 0 fully saturated rings. The van der Waals surface area contributed by atoms with E-state index in [1.165, 1.54) is 0 Å². The highest BCUT2D eigenvalue weighted by molar-refractivity contribution is 6.42. The van der Waals surface area contributed by atoms with Gasteiger partial charge in [-0.15, -0.1) is 0 Å². The lowest BCUT2D eigenvalue weighted by Crippen LogP contribution is -2.57. The summed E-state index contributed by atoms with van der Waals surface area (Å²) >= 11 is 12.3. The summed E-state index contributed by atoms with van der Waals surface area (Å²) in [6.07, 6.45) is 2.26. The summed E-state index contributed by atoms with van der Waals surface area (Å²) in [6, 6.07) is 35.4. The Morgan fingerprint density at radius 1 is 0.873 bits per heavy atom. The molecule has 0 aliphatic carbocycles. The summed E-state index contributed by atoms with van der Waals surface area (Å²) in [7, 11) is 0. The molecule has 63 heavy (non-hydrogen) atoms. The van der Waals surface area contributed by atoms with Gasteiger partial charge in [-0.25, -0.2) is 4.79 Å². The Morgan fingerprint density at radius 2 is 1.63 bits per heavy atom. The number of hydrogen-bond donors (Lipinski definition) is 2. The van der Waals surface area contributed by atoms with Gasteiger partial charge in [-0.05, 0) is 127 Å². The Labute approximate surface area is 379 Å². The average molecular weight is 882 g/mol. The number of ether oxygens (including phenoxy) is 3. The molecule has 322 valence electrons. The second-order valence-corrected chi connectivity index (χ2v) is 17.2. The molecule has 11 heteroatoms. The molecule has 3 heterocycles. The first kappa shape index (κ1) is 43.4. The lowest BCUT2D eigenvalue weighted by atomic mass is 9.91. The van der Waals surface area contributed by atoms with E-state index in [0.717, 1.165) is 61.3 Å². The Kier molecular flexibility index (Phi) is 13.1. The van der Waals surface area contributed by atoms with E-state index in [-0.39, 0.29) is 43.6 Å². The zero-order valence-electron chi connectivity index (χ0n) is 35.8. The number of fused-ring (bicyclic) bond motifs is 2. The van der Waals surface area contributed by atoms with Crippen LogP contribution in [-0.4, -0.2) is 40.5 Å². The normalized spacial score (nSPS) is 16.3. The van der Waals surface area contributed by atoms with E-state index in [1.54, 1.807) is 17.0 Å². The topological polar surface area (TPSA) is 102 Å². The molecular formula is C52H50Cl2N4O5. The Morgan fingerprint density at radius 3 is 2.40 bits per heavy atom. The number of nitrogens with one attached hydrogen (secondary N) is 2. The molecule has 1 aromatic heterocycles. The smallest absolute Gasteiger partial charge is 0.318 e. The van der Waals surface area contributed by atoms with Crippen LogP contribution in [0.4, 0.5) is 4.79 Å². The molecule has 0 saturated carbocycles. The van der Waals surface area contributed by atoms with Crippen molar-refractivity contribution in [2.45, 2.75) is 77.9 Å².